The highest BCUT2D eigenvalue weighted by molar-refractivity contribution is 5.98. The molecule has 0 spiro atoms. The number of anilines is 1. The summed E-state index contributed by atoms with van der Waals surface area (Å²) in [6, 6.07) is 5.21. The minimum absolute atomic E-state index is 0.00337. The van der Waals surface area contributed by atoms with E-state index < -0.39 is 0 Å². The molecule has 1 unspecified atom stereocenters. The first kappa shape index (κ1) is 14.5. The fraction of sp³-hybridized carbons (Fsp3) is 0.467. The lowest BCUT2D eigenvalue weighted by atomic mass is 10.1. The van der Waals surface area contributed by atoms with Crippen LogP contribution in [0.5, 0.6) is 0 Å². The molecule has 0 radical (unpaired) electrons. The molecule has 20 heavy (non-hydrogen) atoms. The van der Waals surface area contributed by atoms with Crippen LogP contribution in [0.25, 0.3) is 0 Å². The lowest BCUT2D eigenvalue weighted by molar-refractivity contribution is -0.117. The molecular weight excluding hydrogens is 254 g/mol. The van der Waals surface area contributed by atoms with Crippen LogP contribution in [0, 0.1) is 6.92 Å². The van der Waals surface area contributed by atoms with Crippen LogP contribution < -0.4 is 16.0 Å². The Labute approximate surface area is 119 Å². The molecule has 5 nitrogen and oxygen atoms in total. The number of hydrogen-bond donors (Lipinski definition) is 3. The van der Waals surface area contributed by atoms with Crippen molar-refractivity contribution in [1.29, 1.82) is 0 Å². The van der Waals surface area contributed by atoms with Gasteiger partial charge in [0.25, 0.3) is 5.91 Å². The van der Waals surface area contributed by atoms with Gasteiger partial charge in [-0.1, -0.05) is 0 Å². The topological polar surface area (TPSA) is 70.2 Å². The molecule has 1 heterocycles. The number of carbonyl (C=O) groups excluding carboxylic acids is 2. The third-order valence-electron chi connectivity index (χ3n) is 3.46. The summed E-state index contributed by atoms with van der Waals surface area (Å²) in [7, 11) is 0. The molecule has 1 aliphatic heterocycles. The molecule has 1 saturated heterocycles. The predicted octanol–water partition coefficient (Wildman–Crippen LogP) is 1.44. The molecule has 2 rings (SSSR count). The van der Waals surface area contributed by atoms with Gasteiger partial charge in [0.15, 0.2) is 0 Å². The molecule has 5 heteroatoms. The minimum atomic E-state index is -0.0996. The predicted molar refractivity (Wildman–Crippen MR) is 78.8 cm³/mol. The molecule has 108 valence electrons. The Morgan fingerprint density at radius 3 is 2.80 bits per heavy atom. The lowest BCUT2D eigenvalue weighted by Crippen LogP contribution is -2.35. The monoisotopic (exact) mass is 275 g/mol. The van der Waals surface area contributed by atoms with E-state index in [2.05, 4.69) is 16.0 Å². The van der Waals surface area contributed by atoms with Crippen molar-refractivity contribution in [2.24, 2.45) is 0 Å². The molecule has 1 aromatic rings. The molecule has 2 amide bonds. The van der Waals surface area contributed by atoms with E-state index in [0.717, 1.165) is 30.6 Å². The third-order valence-corrected chi connectivity index (χ3v) is 3.46. The number of benzene rings is 1. The first-order valence-electron chi connectivity index (χ1n) is 7.05. The van der Waals surface area contributed by atoms with Crippen molar-refractivity contribution in [3.8, 4) is 0 Å². The highest BCUT2D eigenvalue weighted by Crippen LogP contribution is 2.18. The number of nitrogens with one attached hydrogen (secondary N) is 3. The molecule has 0 aliphatic carbocycles. The van der Waals surface area contributed by atoms with Crippen LogP contribution in [-0.4, -0.2) is 30.9 Å². The van der Waals surface area contributed by atoms with Crippen LogP contribution in [-0.2, 0) is 4.79 Å². The highest BCUT2D eigenvalue weighted by atomic mass is 16.2. The van der Waals surface area contributed by atoms with E-state index in [0.29, 0.717) is 12.1 Å². The van der Waals surface area contributed by atoms with Gasteiger partial charge in [-0.05, 0) is 57.0 Å². The summed E-state index contributed by atoms with van der Waals surface area (Å²) < 4.78 is 0. The molecule has 1 atom stereocenters. The first-order chi connectivity index (χ1) is 9.61. The van der Waals surface area contributed by atoms with Crippen molar-refractivity contribution < 1.29 is 9.59 Å². The summed E-state index contributed by atoms with van der Waals surface area (Å²) in [5.74, 6) is -0.0951. The summed E-state index contributed by atoms with van der Waals surface area (Å²) in [5, 5.41) is 8.84. The van der Waals surface area contributed by atoms with Crippen molar-refractivity contribution >= 4 is 17.5 Å². The van der Waals surface area contributed by atoms with E-state index in [1.54, 1.807) is 18.2 Å². The van der Waals surface area contributed by atoms with E-state index in [1.165, 1.54) is 0 Å². The zero-order valence-corrected chi connectivity index (χ0v) is 12.0. The van der Waals surface area contributed by atoms with Gasteiger partial charge in [-0.3, -0.25) is 9.59 Å². The zero-order chi connectivity index (χ0) is 14.5. The Bertz CT molecular complexity index is 508. The lowest BCUT2D eigenvalue weighted by Gasteiger charge is -2.13. The van der Waals surface area contributed by atoms with Crippen LogP contribution in [0.1, 0.15) is 35.7 Å². The van der Waals surface area contributed by atoms with Crippen molar-refractivity contribution in [3.05, 3.63) is 29.3 Å². The molecule has 1 aromatic carbocycles. The SMILES string of the molecule is CCNC(=O)c1ccc(NC(=O)C2CCCN2)c(C)c1. The fourth-order valence-corrected chi connectivity index (χ4v) is 2.34. The smallest absolute Gasteiger partial charge is 0.251 e. The fourth-order valence-electron chi connectivity index (χ4n) is 2.34. The van der Waals surface area contributed by atoms with Crippen molar-refractivity contribution in [2.45, 2.75) is 32.7 Å². The molecule has 0 saturated carbocycles. The standard InChI is InChI=1S/C15H21N3O2/c1-3-16-14(19)11-6-7-12(10(2)9-11)18-15(20)13-5-4-8-17-13/h6-7,9,13,17H,3-5,8H2,1-2H3,(H,16,19)(H,18,20). The number of rotatable bonds is 4. The van der Waals surface area contributed by atoms with Gasteiger partial charge < -0.3 is 16.0 Å². The van der Waals surface area contributed by atoms with Crippen LogP contribution >= 0.6 is 0 Å². The zero-order valence-electron chi connectivity index (χ0n) is 12.0. The maximum absolute atomic E-state index is 12.0. The number of hydrogen-bond acceptors (Lipinski definition) is 3. The maximum atomic E-state index is 12.0. The van der Waals surface area contributed by atoms with Gasteiger partial charge in [0.1, 0.15) is 0 Å². The average molecular weight is 275 g/mol. The molecule has 1 aliphatic rings. The first-order valence-corrected chi connectivity index (χ1v) is 7.05. The minimum Gasteiger partial charge on any atom is -0.352 e. The van der Waals surface area contributed by atoms with Gasteiger partial charge in [0, 0.05) is 17.8 Å². The summed E-state index contributed by atoms with van der Waals surface area (Å²) in [6.07, 6.45) is 1.91. The molecule has 3 N–H and O–H groups in total. The van der Waals surface area contributed by atoms with E-state index in [4.69, 9.17) is 0 Å². The van der Waals surface area contributed by atoms with Crippen LogP contribution in [0.3, 0.4) is 0 Å². The van der Waals surface area contributed by atoms with Gasteiger partial charge in [-0.2, -0.15) is 0 Å². The molecular formula is C15H21N3O2. The van der Waals surface area contributed by atoms with E-state index in [9.17, 15) is 9.59 Å². The van der Waals surface area contributed by atoms with Gasteiger partial charge >= 0.3 is 0 Å². The van der Waals surface area contributed by atoms with Crippen LogP contribution in [0.2, 0.25) is 0 Å². The molecule has 0 bridgehead atoms. The Kier molecular flexibility index (Phi) is 4.74. The summed E-state index contributed by atoms with van der Waals surface area (Å²) in [6.45, 7) is 5.27. The van der Waals surface area contributed by atoms with E-state index >= 15 is 0 Å². The largest absolute Gasteiger partial charge is 0.352 e. The Hall–Kier alpha value is -1.88. The summed E-state index contributed by atoms with van der Waals surface area (Å²) in [4.78, 5) is 23.8. The normalized spacial score (nSPS) is 17.8. The maximum Gasteiger partial charge on any atom is 0.251 e. The van der Waals surface area contributed by atoms with Gasteiger partial charge in [-0.15, -0.1) is 0 Å². The van der Waals surface area contributed by atoms with Gasteiger partial charge in [0.05, 0.1) is 6.04 Å². The number of amides is 2. The summed E-state index contributed by atoms with van der Waals surface area (Å²) >= 11 is 0. The van der Waals surface area contributed by atoms with Crippen molar-refractivity contribution in [2.75, 3.05) is 18.4 Å². The molecule has 0 aromatic heterocycles. The number of aryl methyl sites for hydroxylation is 1. The van der Waals surface area contributed by atoms with E-state index in [1.807, 2.05) is 13.8 Å². The summed E-state index contributed by atoms with van der Waals surface area (Å²) in [5.41, 5.74) is 2.26. The van der Waals surface area contributed by atoms with Crippen molar-refractivity contribution in [3.63, 3.8) is 0 Å². The number of carbonyl (C=O) groups is 2. The molecule has 1 fully saturated rings. The third kappa shape index (κ3) is 3.36. The van der Waals surface area contributed by atoms with Crippen molar-refractivity contribution in [1.82, 2.24) is 10.6 Å². The van der Waals surface area contributed by atoms with Crippen LogP contribution in [0.4, 0.5) is 5.69 Å². The second-order valence-corrected chi connectivity index (χ2v) is 5.03. The van der Waals surface area contributed by atoms with Crippen LogP contribution in [0.15, 0.2) is 18.2 Å². The average Bonchev–Trinajstić information content (AvgIpc) is 2.95. The highest BCUT2D eigenvalue weighted by Gasteiger charge is 2.22. The Morgan fingerprint density at radius 1 is 1.40 bits per heavy atom. The van der Waals surface area contributed by atoms with Gasteiger partial charge in [-0.25, -0.2) is 0 Å². The quantitative estimate of drug-likeness (QED) is 0.778. The Morgan fingerprint density at radius 2 is 2.20 bits per heavy atom. The second kappa shape index (κ2) is 6.52. The second-order valence-electron chi connectivity index (χ2n) is 5.03. The van der Waals surface area contributed by atoms with E-state index in [-0.39, 0.29) is 17.9 Å². The van der Waals surface area contributed by atoms with Gasteiger partial charge in [0.2, 0.25) is 5.91 Å². The Balaban J connectivity index is 2.05.